The molecule has 2 aliphatic rings. The van der Waals surface area contributed by atoms with Crippen molar-refractivity contribution in [3.8, 4) is 16.9 Å². The number of nitrogens with zero attached hydrogens (tertiary/aromatic N) is 3. The smallest absolute Gasteiger partial charge is 0.251 e. The SMILES string of the molecule is CCCCOC(C)Oc1ccc(-c2ccc3c(c2)C=C(C(=O)Nc2ccc(CN(C)C4CCCOC4)cc2)CCN3Cc2csnc2C)cc1. The number of amides is 1. The van der Waals surface area contributed by atoms with Crippen molar-refractivity contribution < 1.29 is 19.0 Å². The van der Waals surface area contributed by atoms with Crippen LogP contribution in [-0.4, -0.2) is 60.9 Å². The van der Waals surface area contributed by atoms with Crippen LogP contribution >= 0.6 is 11.5 Å². The number of carbonyl (C=O) groups excluding carboxylic acids is 1. The van der Waals surface area contributed by atoms with Gasteiger partial charge in [0.25, 0.3) is 5.91 Å². The van der Waals surface area contributed by atoms with E-state index in [-0.39, 0.29) is 12.2 Å². The molecule has 6 rings (SSSR count). The number of fused-ring (bicyclic) bond motifs is 1. The van der Waals surface area contributed by atoms with Gasteiger partial charge in [0.1, 0.15) is 5.75 Å². The van der Waals surface area contributed by atoms with Crippen LogP contribution in [0, 0.1) is 6.92 Å². The second-order valence-electron chi connectivity index (χ2n) is 13.4. The highest BCUT2D eigenvalue weighted by Gasteiger charge is 2.22. The Hall–Kier alpha value is -4.02. The Balaban J connectivity index is 1.18. The summed E-state index contributed by atoms with van der Waals surface area (Å²) in [7, 11) is 2.16. The summed E-state index contributed by atoms with van der Waals surface area (Å²) in [5.74, 6) is 0.703. The van der Waals surface area contributed by atoms with Crippen molar-refractivity contribution in [1.29, 1.82) is 0 Å². The minimum atomic E-state index is -0.302. The van der Waals surface area contributed by atoms with Crippen LogP contribution in [0.3, 0.4) is 0 Å². The van der Waals surface area contributed by atoms with Crippen LogP contribution in [0.5, 0.6) is 5.75 Å². The molecular formula is C41H50N4O4S. The zero-order valence-electron chi connectivity index (χ0n) is 29.8. The first kappa shape index (κ1) is 35.8. The van der Waals surface area contributed by atoms with E-state index in [1.165, 1.54) is 29.1 Å². The van der Waals surface area contributed by atoms with Gasteiger partial charge in [0.05, 0.1) is 18.9 Å². The van der Waals surface area contributed by atoms with Gasteiger partial charge in [-0.15, -0.1) is 0 Å². The van der Waals surface area contributed by atoms with Gasteiger partial charge in [-0.1, -0.05) is 43.7 Å². The molecule has 3 aromatic carbocycles. The first-order valence-electron chi connectivity index (χ1n) is 17.9. The molecule has 0 bridgehead atoms. The molecule has 0 saturated carbocycles. The number of hydrogen-bond donors (Lipinski definition) is 1. The molecule has 1 aromatic heterocycles. The van der Waals surface area contributed by atoms with Gasteiger partial charge in [-0.25, -0.2) is 0 Å². The number of rotatable bonds is 14. The monoisotopic (exact) mass is 694 g/mol. The fraction of sp³-hybridized carbons (Fsp3) is 0.415. The lowest BCUT2D eigenvalue weighted by Crippen LogP contribution is -2.37. The van der Waals surface area contributed by atoms with Crippen LogP contribution in [0.4, 0.5) is 11.4 Å². The van der Waals surface area contributed by atoms with E-state index in [2.05, 4.69) is 94.3 Å². The Bertz CT molecular complexity index is 1730. The number of hydrogen-bond acceptors (Lipinski definition) is 8. The van der Waals surface area contributed by atoms with Gasteiger partial charge in [-0.05, 0) is 123 Å². The second-order valence-corrected chi connectivity index (χ2v) is 14.0. The highest BCUT2D eigenvalue weighted by molar-refractivity contribution is 7.03. The molecule has 264 valence electrons. The molecule has 1 N–H and O–H groups in total. The number of anilines is 2. The summed E-state index contributed by atoms with van der Waals surface area (Å²) >= 11 is 1.49. The van der Waals surface area contributed by atoms with Gasteiger partial charge < -0.3 is 24.4 Å². The number of carbonyl (C=O) groups is 1. The molecule has 1 fully saturated rings. The summed E-state index contributed by atoms with van der Waals surface area (Å²) in [6.45, 7) is 10.8. The third-order valence-corrected chi connectivity index (χ3v) is 10.4. The van der Waals surface area contributed by atoms with E-state index < -0.39 is 0 Å². The van der Waals surface area contributed by atoms with Gasteiger partial charge in [0.15, 0.2) is 6.29 Å². The maximum atomic E-state index is 13.8. The standard InChI is InChI=1S/C41H50N4O4S/c1-5-6-22-48-30(3)49-39-16-11-32(12-17-39)33-13-18-40-35(23-33)24-34(19-20-45(40)26-36-28-50-43-29(36)2)41(46)42-37-14-9-31(10-15-37)25-44(4)38-8-7-21-47-27-38/h9-18,23-24,28,30,38H,5-8,19-22,25-27H2,1-4H3,(H,42,46). The van der Waals surface area contributed by atoms with Crippen molar-refractivity contribution in [2.24, 2.45) is 0 Å². The zero-order chi connectivity index (χ0) is 34.9. The topological polar surface area (TPSA) is 76.2 Å². The molecule has 4 aromatic rings. The predicted molar refractivity (Wildman–Crippen MR) is 204 cm³/mol. The number of likely N-dealkylation sites (N-methyl/N-ethyl adjacent to an activating group) is 1. The highest BCUT2D eigenvalue weighted by Crippen LogP contribution is 2.34. The summed E-state index contributed by atoms with van der Waals surface area (Å²) in [6.07, 6.45) is 6.78. The number of aromatic nitrogens is 1. The molecule has 1 amide bonds. The van der Waals surface area contributed by atoms with Crippen LogP contribution in [0.15, 0.2) is 77.7 Å². The lowest BCUT2D eigenvalue weighted by Gasteiger charge is -2.31. The number of aryl methyl sites for hydroxylation is 1. The maximum Gasteiger partial charge on any atom is 0.251 e. The van der Waals surface area contributed by atoms with Crippen molar-refractivity contribution in [3.05, 3.63) is 100 Å². The molecule has 3 heterocycles. The summed E-state index contributed by atoms with van der Waals surface area (Å²) < 4.78 is 21.9. The van der Waals surface area contributed by atoms with Crippen LogP contribution in [0.2, 0.25) is 0 Å². The molecular weight excluding hydrogens is 645 g/mol. The fourth-order valence-corrected chi connectivity index (χ4v) is 7.23. The molecule has 9 heteroatoms. The van der Waals surface area contributed by atoms with Crippen molar-refractivity contribution in [3.63, 3.8) is 0 Å². The van der Waals surface area contributed by atoms with E-state index >= 15 is 0 Å². The maximum absolute atomic E-state index is 13.8. The minimum Gasteiger partial charge on any atom is -0.465 e. The van der Waals surface area contributed by atoms with Crippen molar-refractivity contribution >= 4 is 34.9 Å². The lowest BCUT2D eigenvalue weighted by atomic mass is 10.00. The van der Waals surface area contributed by atoms with Crippen LogP contribution in [-0.2, 0) is 27.4 Å². The zero-order valence-corrected chi connectivity index (χ0v) is 30.6. The van der Waals surface area contributed by atoms with Crippen LogP contribution in [0.1, 0.15) is 68.3 Å². The average Bonchev–Trinajstić information content (AvgIpc) is 3.44. The summed E-state index contributed by atoms with van der Waals surface area (Å²) in [5, 5.41) is 5.30. The Kier molecular flexibility index (Phi) is 12.4. The second kappa shape index (κ2) is 17.3. The summed E-state index contributed by atoms with van der Waals surface area (Å²) in [5.41, 5.74) is 9.32. The third kappa shape index (κ3) is 9.40. The largest absolute Gasteiger partial charge is 0.465 e. The molecule has 2 atom stereocenters. The van der Waals surface area contributed by atoms with E-state index in [0.29, 0.717) is 19.1 Å². The van der Waals surface area contributed by atoms with E-state index in [0.717, 1.165) is 97.2 Å². The fourth-order valence-electron chi connectivity index (χ4n) is 6.53. The van der Waals surface area contributed by atoms with Gasteiger partial charge in [-0.2, -0.15) is 4.37 Å². The number of ether oxygens (including phenoxy) is 3. The van der Waals surface area contributed by atoms with E-state index in [9.17, 15) is 4.79 Å². The molecule has 50 heavy (non-hydrogen) atoms. The Morgan fingerprint density at radius 1 is 1.12 bits per heavy atom. The van der Waals surface area contributed by atoms with Gasteiger partial charge >= 0.3 is 0 Å². The molecule has 2 unspecified atom stereocenters. The van der Waals surface area contributed by atoms with E-state index in [4.69, 9.17) is 14.2 Å². The van der Waals surface area contributed by atoms with Gasteiger partial charge in [-0.3, -0.25) is 9.69 Å². The molecule has 0 spiro atoms. The van der Waals surface area contributed by atoms with Crippen molar-refractivity contribution in [2.75, 3.05) is 43.6 Å². The molecule has 8 nitrogen and oxygen atoms in total. The average molecular weight is 695 g/mol. The van der Waals surface area contributed by atoms with Crippen molar-refractivity contribution in [1.82, 2.24) is 9.27 Å². The minimum absolute atomic E-state index is 0.0717. The van der Waals surface area contributed by atoms with E-state index in [1.54, 1.807) is 0 Å². The van der Waals surface area contributed by atoms with Gasteiger partial charge in [0.2, 0.25) is 0 Å². The quantitative estimate of drug-likeness (QED) is 0.105. The first-order chi connectivity index (χ1) is 24.4. The first-order valence-corrected chi connectivity index (χ1v) is 18.8. The van der Waals surface area contributed by atoms with Crippen molar-refractivity contribution in [2.45, 2.75) is 78.3 Å². The molecule has 0 radical (unpaired) electrons. The Morgan fingerprint density at radius 3 is 2.64 bits per heavy atom. The summed E-state index contributed by atoms with van der Waals surface area (Å²) in [6, 6.07) is 23.3. The normalized spacial score (nSPS) is 16.8. The molecule has 1 saturated heterocycles. The third-order valence-electron chi connectivity index (χ3n) is 9.59. The Morgan fingerprint density at radius 2 is 1.92 bits per heavy atom. The number of benzene rings is 3. The molecule has 0 aliphatic carbocycles. The molecule has 2 aliphatic heterocycles. The Labute approximate surface area is 301 Å². The summed E-state index contributed by atoms with van der Waals surface area (Å²) in [4.78, 5) is 18.5. The van der Waals surface area contributed by atoms with Crippen LogP contribution < -0.4 is 15.0 Å². The van der Waals surface area contributed by atoms with E-state index in [1.807, 2.05) is 31.2 Å². The number of nitrogens with one attached hydrogen (secondary N) is 1. The van der Waals surface area contributed by atoms with Crippen LogP contribution in [0.25, 0.3) is 17.2 Å². The number of unbranched alkanes of at least 4 members (excludes halogenated alkanes) is 1. The highest BCUT2D eigenvalue weighted by atomic mass is 32.1. The van der Waals surface area contributed by atoms with Gasteiger partial charge in [0, 0.05) is 60.2 Å². The lowest BCUT2D eigenvalue weighted by molar-refractivity contribution is -0.112. The predicted octanol–water partition coefficient (Wildman–Crippen LogP) is 8.70.